The van der Waals surface area contributed by atoms with Crippen LogP contribution >= 0.6 is 0 Å². The lowest BCUT2D eigenvalue weighted by atomic mass is 9.96. The van der Waals surface area contributed by atoms with E-state index >= 15 is 4.39 Å². The summed E-state index contributed by atoms with van der Waals surface area (Å²) in [7, 11) is 0.983. The molecule has 0 spiro atoms. The van der Waals surface area contributed by atoms with Gasteiger partial charge in [-0.15, -0.1) is 0 Å². The quantitative estimate of drug-likeness (QED) is 0.740. The minimum absolute atomic E-state index is 0.0209. The van der Waals surface area contributed by atoms with Crippen molar-refractivity contribution in [1.29, 1.82) is 5.26 Å². The third-order valence-electron chi connectivity index (χ3n) is 3.98. The maximum absolute atomic E-state index is 15.1. The van der Waals surface area contributed by atoms with Gasteiger partial charge in [-0.05, 0) is 19.9 Å². The monoisotopic (exact) mass is 378 g/mol. The van der Waals surface area contributed by atoms with Crippen molar-refractivity contribution in [1.82, 2.24) is 4.57 Å². The Balaban J connectivity index is 2.91. The highest BCUT2D eigenvalue weighted by atomic mass is 19.1. The number of pyridine rings is 1. The van der Waals surface area contributed by atoms with Crippen LogP contribution in [0.25, 0.3) is 10.9 Å². The van der Waals surface area contributed by atoms with Crippen LogP contribution < -0.4 is 5.43 Å². The topological polar surface area (TPSA) is 98.4 Å². The summed E-state index contributed by atoms with van der Waals surface area (Å²) in [5.41, 5.74) is -2.43. The van der Waals surface area contributed by atoms with E-state index in [1.807, 2.05) is 0 Å². The Morgan fingerprint density at radius 3 is 2.52 bits per heavy atom. The second-order valence-corrected chi connectivity index (χ2v) is 5.45. The third-order valence-corrected chi connectivity index (χ3v) is 3.98. The van der Waals surface area contributed by atoms with Crippen molar-refractivity contribution in [2.75, 3.05) is 13.7 Å². The van der Waals surface area contributed by atoms with Crippen LogP contribution in [0.1, 0.15) is 35.7 Å². The normalized spacial score (nSPS) is 11.7. The summed E-state index contributed by atoms with van der Waals surface area (Å²) in [6.45, 7) is 3.31. The minimum Gasteiger partial charge on any atom is -0.468 e. The number of esters is 2. The molecule has 0 aliphatic rings. The summed E-state index contributed by atoms with van der Waals surface area (Å²) in [4.78, 5) is 36.2. The number of fused-ring (bicyclic) bond motifs is 1. The third kappa shape index (κ3) is 3.38. The van der Waals surface area contributed by atoms with Gasteiger partial charge in [0.1, 0.15) is 11.4 Å². The van der Waals surface area contributed by atoms with Crippen LogP contribution in [0.2, 0.25) is 0 Å². The summed E-state index contributed by atoms with van der Waals surface area (Å²) in [5, 5.41) is 8.74. The maximum Gasteiger partial charge on any atom is 0.343 e. The number of carbonyl (C=O) groups is 2. The predicted octanol–water partition coefficient (Wildman–Crippen LogP) is 2.26. The van der Waals surface area contributed by atoms with Gasteiger partial charge >= 0.3 is 11.9 Å². The van der Waals surface area contributed by atoms with Gasteiger partial charge in [0.05, 0.1) is 36.3 Å². The number of carbonyl (C=O) groups excluding carboxylic acids is 2. The van der Waals surface area contributed by atoms with Gasteiger partial charge < -0.3 is 14.0 Å². The second kappa shape index (κ2) is 7.95. The summed E-state index contributed by atoms with van der Waals surface area (Å²) < 4.78 is 40.1. The van der Waals surface area contributed by atoms with Gasteiger partial charge in [-0.25, -0.2) is 13.6 Å². The van der Waals surface area contributed by atoms with E-state index in [1.165, 1.54) is 10.6 Å². The Bertz CT molecular complexity index is 1020. The average Bonchev–Trinajstić information content (AvgIpc) is 2.65. The molecule has 2 rings (SSSR count). The first-order valence-electron chi connectivity index (χ1n) is 8.01. The molecule has 0 radical (unpaired) electrons. The minimum atomic E-state index is -1.84. The number of benzene rings is 1. The molecule has 7 nitrogen and oxygen atoms in total. The molecular formula is C18H16F2N2O5. The van der Waals surface area contributed by atoms with Crippen LogP contribution in [0.3, 0.4) is 0 Å². The molecule has 1 aromatic heterocycles. The Morgan fingerprint density at radius 2 is 2.00 bits per heavy atom. The summed E-state index contributed by atoms with van der Waals surface area (Å²) in [6, 6.07) is 2.20. The molecule has 0 bridgehead atoms. The van der Waals surface area contributed by atoms with E-state index in [0.29, 0.717) is 6.07 Å². The molecule has 0 saturated carbocycles. The molecule has 0 fully saturated rings. The van der Waals surface area contributed by atoms with Gasteiger partial charge in [0.2, 0.25) is 5.43 Å². The number of hydrogen-bond donors (Lipinski definition) is 0. The van der Waals surface area contributed by atoms with Crippen LogP contribution in [0.5, 0.6) is 0 Å². The highest BCUT2D eigenvalue weighted by Gasteiger charge is 2.31. The fourth-order valence-electron chi connectivity index (χ4n) is 2.72. The smallest absolute Gasteiger partial charge is 0.343 e. The SMILES string of the molecule is CCOC(=O)c1cn(CC)c2c(F)c(C(C#N)C(=O)OC)c(F)cc2c1=O. The van der Waals surface area contributed by atoms with Gasteiger partial charge in [0.15, 0.2) is 11.7 Å². The molecule has 27 heavy (non-hydrogen) atoms. The van der Waals surface area contributed by atoms with Crippen molar-refractivity contribution < 1.29 is 27.8 Å². The molecule has 0 amide bonds. The van der Waals surface area contributed by atoms with Crippen LogP contribution in [0, 0.1) is 23.0 Å². The van der Waals surface area contributed by atoms with Crippen molar-refractivity contribution in [2.45, 2.75) is 26.3 Å². The first-order chi connectivity index (χ1) is 12.8. The lowest BCUT2D eigenvalue weighted by molar-refractivity contribution is -0.141. The Morgan fingerprint density at radius 1 is 1.33 bits per heavy atom. The van der Waals surface area contributed by atoms with Gasteiger partial charge in [-0.1, -0.05) is 0 Å². The largest absolute Gasteiger partial charge is 0.468 e. The van der Waals surface area contributed by atoms with E-state index in [1.54, 1.807) is 13.8 Å². The number of methoxy groups -OCH3 is 1. The van der Waals surface area contributed by atoms with Gasteiger partial charge in [-0.3, -0.25) is 9.59 Å². The fourth-order valence-corrected chi connectivity index (χ4v) is 2.72. The van der Waals surface area contributed by atoms with Crippen LogP contribution in [-0.4, -0.2) is 30.2 Å². The van der Waals surface area contributed by atoms with Crippen molar-refractivity contribution in [3.05, 3.63) is 45.2 Å². The van der Waals surface area contributed by atoms with E-state index in [9.17, 15) is 18.8 Å². The molecule has 9 heteroatoms. The Labute approximate surface area is 152 Å². The number of ether oxygens (including phenoxy) is 2. The molecule has 2 aromatic rings. The van der Waals surface area contributed by atoms with E-state index in [0.717, 1.165) is 13.3 Å². The van der Waals surface area contributed by atoms with Crippen molar-refractivity contribution in [3.63, 3.8) is 0 Å². The number of nitrogens with zero attached hydrogens (tertiary/aromatic N) is 2. The second-order valence-electron chi connectivity index (χ2n) is 5.45. The highest BCUT2D eigenvalue weighted by Crippen LogP contribution is 2.29. The molecule has 1 aromatic carbocycles. The molecule has 1 heterocycles. The molecule has 142 valence electrons. The van der Waals surface area contributed by atoms with Crippen molar-refractivity contribution >= 4 is 22.8 Å². The number of nitriles is 1. The number of aromatic nitrogens is 1. The fraction of sp³-hybridized carbons (Fsp3) is 0.333. The zero-order chi connectivity index (χ0) is 20.3. The molecule has 1 unspecified atom stereocenters. The van der Waals surface area contributed by atoms with Crippen molar-refractivity contribution in [2.24, 2.45) is 0 Å². The summed E-state index contributed by atoms with van der Waals surface area (Å²) >= 11 is 0. The van der Waals surface area contributed by atoms with Crippen LogP contribution in [0.15, 0.2) is 17.1 Å². The number of halogens is 2. The lowest BCUT2D eigenvalue weighted by Gasteiger charge is -2.16. The van der Waals surface area contributed by atoms with E-state index in [4.69, 9.17) is 10.00 Å². The van der Waals surface area contributed by atoms with E-state index in [2.05, 4.69) is 4.74 Å². The molecule has 1 atom stereocenters. The first-order valence-corrected chi connectivity index (χ1v) is 8.01. The molecule has 0 N–H and O–H groups in total. The van der Waals surface area contributed by atoms with Gasteiger partial charge in [0.25, 0.3) is 0 Å². The Hall–Kier alpha value is -3.28. The standard InChI is InChI=1S/C18H16F2N2O5/c1-4-22-8-11(18(25)27-5-2)16(23)9-6-12(19)13(14(20)15(9)22)10(7-21)17(24)26-3/h6,8,10H,4-5H2,1-3H3. The van der Waals surface area contributed by atoms with Crippen LogP contribution in [0.4, 0.5) is 8.78 Å². The van der Waals surface area contributed by atoms with Crippen LogP contribution in [-0.2, 0) is 20.8 Å². The Kier molecular flexibility index (Phi) is 5.90. The zero-order valence-electron chi connectivity index (χ0n) is 14.8. The first kappa shape index (κ1) is 20.0. The maximum atomic E-state index is 15.1. The number of hydrogen-bond acceptors (Lipinski definition) is 6. The summed E-state index contributed by atoms with van der Waals surface area (Å²) in [6.07, 6.45) is 1.10. The predicted molar refractivity (Wildman–Crippen MR) is 90.1 cm³/mol. The molecule has 0 aliphatic carbocycles. The van der Waals surface area contributed by atoms with E-state index < -0.39 is 45.9 Å². The average molecular weight is 378 g/mol. The molecule has 0 saturated heterocycles. The highest BCUT2D eigenvalue weighted by molar-refractivity contribution is 5.94. The van der Waals surface area contributed by atoms with Gasteiger partial charge in [0, 0.05) is 12.7 Å². The molecular weight excluding hydrogens is 362 g/mol. The summed E-state index contributed by atoms with van der Waals surface area (Å²) in [5.74, 6) is -6.40. The van der Waals surface area contributed by atoms with E-state index in [-0.39, 0.29) is 24.2 Å². The number of aryl methyl sites for hydroxylation is 1. The zero-order valence-corrected chi connectivity index (χ0v) is 14.8. The van der Waals surface area contributed by atoms with Gasteiger partial charge in [-0.2, -0.15) is 5.26 Å². The number of rotatable bonds is 5. The van der Waals surface area contributed by atoms with Crippen molar-refractivity contribution in [3.8, 4) is 6.07 Å². The lowest BCUT2D eigenvalue weighted by Crippen LogP contribution is -2.23. The molecule has 0 aliphatic heterocycles.